The molecule has 0 spiro atoms. The fourth-order valence-corrected chi connectivity index (χ4v) is 2.86. The second kappa shape index (κ2) is 9.75. The molecule has 0 aliphatic heterocycles. The van der Waals surface area contributed by atoms with Crippen molar-refractivity contribution in [3.05, 3.63) is 88.4 Å². The van der Waals surface area contributed by atoms with Crippen LogP contribution in [-0.4, -0.2) is 30.3 Å². The van der Waals surface area contributed by atoms with E-state index in [1.807, 2.05) is 30.3 Å². The van der Waals surface area contributed by atoms with Gasteiger partial charge in [0.25, 0.3) is 0 Å². The summed E-state index contributed by atoms with van der Waals surface area (Å²) in [7, 11) is 0. The smallest absolute Gasteiger partial charge is 0.343 e. The molecule has 0 heterocycles. The van der Waals surface area contributed by atoms with Crippen molar-refractivity contribution in [2.45, 2.75) is 0 Å². The van der Waals surface area contributed by atoms with Crippen molar-refractivity contribution in [3.8, 4) is 17.2 Å². The fraction of sp³-hybridized carbons (Fsp3) is 0.0909. The Balaban J connectivity index is 1.51. The third-order valence-corrected chi connectivity index (χ3v) is 4.46. The van der Waals surface area contributed by atoms with Gasteiger partial charge in [-0.25, -0.2) is 9.59 Å². The van der Waals surface area contributed by atoms with Crippen LogP contribution in [0, 0.1) is 0 Å². The molecular formula is C22H17BrO6. The Hall–Kier alpha value is -3.32. The Morgan fingerprint density at radius 1 is 0.793 bits per heavy atom. The minimum absolute atomic E-state index is 0.0921. The summed E-state index contributed by atoms with van der Waals surface area (Å²) < 4.78 is 16.8. The highest BCUT2D eigenvalue weighted by molar-refractivity contribution is 9.10. The summed E-state index contributed by atoms with van der Waals surface area (Å²) in [6.07, 6.45) is 0. The molecule has 0 fully saturated rings. The lowest BCUT2D eigenvalue weighted by atomic mass is 10.2. The van der Waals surface area contributed by atoms with Gasteiger partial charge in [-0.15, -0.1) is 0 Å². The van der Waals surface area contributed by atoms with Crippen LogP contribution in [0.3, 0.4) is 0 Å². The number of hydrogen-bond donors (Lipinski definition) is 1. The van der Waals surface area contributed by atoms with Crippen LogP contribution in [0.2, 0.25) is 0 Å². The molecule has 0 atom stereocenters. The van der Waals surface area contributed by atoms with Gasteiger partial charge < -0.3 is 19.3 Å². The van der Waals surface area contributed by atoms with Crippen LogP contribution in [0.25, 0.3) is 0 Å². The second-order valence-electron chi connectivity index (χ2n) is 5.87. The standard InChI is InChI=1S/C22H17BrO6/c23-19-14-16(21(24)25)8-11-20(19)29-22(26)15-6-9-18(10-7-15)28-13-12-27-17-4-2-1-3-5-17/h1-11,14H,12-13H2,(H,24,25). The monoisotopic (exact) mass is 456 g/mol. The molecular weight excluding hydrogens is 440 g/mol. The number of para-hydroxylation sites is 1. The minimum Gasteiger partial charge on any atom is -0.490 e. The van der Waals surface area contributed by atoms with Crippen LogP contribution < -0.4 is 14.2 Å². The van der Waals surface area contributed by atoms with E-state index in [9.17, 15) is 9.59 Å². The fourth-order valence-electron chi connectivity index (χ4n) is 2.40. The first-order chi connectivity index (χ1) is 14.0. The quantitative estimate of drug-likeness (QED) is 0.297. The Kier molecular flexibility index (Phi) is 6.86. The van der Waals surface area contributed by atoms with Gasteiger partial charge in [0, 0.05) is 0 Å². The molecule has 148 valence electrons. The maximum absolute atomic E-state index is 12.3. The van der Waals surface area contributed by atoms with Crippen molar-refractivity contribution in [1.29, 1.82) is 0 Å². The molecule has 3 aromatic rings. The molecule has 0 saturated carbocycles. The first kappa shape index (κ1) is 20.4. The number of ether oxygens (including phenoxy) is 3. The van der Waals surface area contributed by atoms with E-state index >= 15 is 0 Å². The van der Waals surface area contributed by atoms with Crippen molar-refractivity contribution in [2.24, 2.45) is 0 Å². The lowest BCUT2D eigenvalue weighted by molar-refractivity contribution is 0.0696. The first-order valence-corrected chi connectivity index (χ1v) is 9.48. The van der Waals surface area contributed by atoms with Gasteiger partial charge in [-0.05, 0) is 70.5 Å². The molecule has 0 aliphatic rings. The average molecular weight is 457 g/mol. The maximum Gasteiger partial charge on any atom is 0.343 e. The van der Waals surface area contributed by atoms with Crippen LogP contribution in [-0.2, 0) is 0 Å². The number of carbonyl (C=O) groups is 2. The van der Waals surface area contributed by atoms with Crippen LogP contribution in [0.5, 0.6) is 17.2 Å². The average Bonchev–Trinajstić information content (AvgIpc) is 2.73. The molecule has 0 aromatic heterocycles. The number of carboxylic acid groups (broad SMARTS) is 1. The predicted octanol–water partition coefficient (Wildman–Crippen LogP) is 4.82. The molecule has 0 bridgehead atoms. The zero-order chi connectivity index (χ0) is 20.6. The zero-order valence-corrected chi connectivity index (χ0v) is 16.8. The summed E-state index contributed by atoms with van der Waals surface area (Å²) in [5, 5.41) is 8.97. The third kappa shape index (κ3) is 5.83. The second-order valence-corrected chi connectivity index (χ2v) is 6.73. The number of aromatic carboxylic acids is 1. The van der Waals surface area contributed by atoms with Gasteiger partial charge in [0.2, 0.25) is 0 Å². The van der Waals surface area contributed by atoms with Crippen molar-refractivity contribution >= 4 is 27.9 Å². The number of carboxylic acids is 1. The van der Waals surface area contributed by atoms with Crippen molar-refractivity contribution in [3.63, 3.8) is 0 Å². The van der Waals surface area contributed by atoms with Gasteiger partial charge in [0.05, 0.1) is 15.6 Å². The SMILES string of the molecule is O=C(O)c1ccc(OC(=O)c2ccc(OCCOc3ccccc3)cc2)c(Br)c1. The lowest BCUT2D eigenvalue weighted by Crippen LogP contribution is -2.10. The number of hydrogen-bond acceptors (Lipinski definition) is 5. The van der Waals surface area contributed by atoms with Gasteiger partial charge in [-0.3, -0.25) is 0 Å². The van der Waals surface area contributed by atoms with E-state index < -0.39 is 11.9 Å². The number of benzene rings is 3. The molecule has 1 N–H and O–H groups in total. The van der Waals surface area contributed by atoms with Gasteiger partial charge in [0.15, 0.2) is 0 Å². The summed E-state index contributed by atoms with van der Waals surface area (Å²) >= 11 is 3.21. The highest BCUT2D eigenvalue weighted by atomic mass is 79.9. The number of esters is 1. The van der Waals surface area contributed by atoms with Gasteiger partial charge in [0.1, 0.15) is 30.5 Å². The molecule has 7 heteroatoms. The van der Waals surface area contributed by atoms with Crippen LogP contribution in [0.1, 0.15) is 20.7 Å². The Bertz CT molecular complexity index is 986. The van der Waals surface area contributed by atoms with Crippen molar-refractivity contribution in [1.82, 2.24) is 0 Å². The Morgan fingerprint density at radius 3 is 1.97 bits per heavy atom. The highest BCUT2D eigenvalue weighted by Crippen LogP contribution is 2.27. The Morgan fingerprint density at radius 2 is 1.38 bits per heavy atom. The summed E-state index contributed by atoms with van der Waals surface area (Å²) in [5.74, 6) is -0.0126. The summed E-state index contributed by atoms with van der Waals surface area (Å²) in [6.45, 7) is 0.760. The number of carbonyl (C=O) groups excluding carboxylic acids is 1. The largest absolute Gasteiger partial charge is 0.490 e. The van der Waals surface area contributed by atoms with Crippen molar-refractivity contribution < 1.29 is 28.9 Å². The van der Waals surface area contributed by atoms with E-state index in [2.05, 4.69) is 15.9 Å². The maximum atomic E-state index is 12.3. The van der Waals surface area contributed by atoms with Crippen LogP contribution in [0.15, 0.2) is 77.3 Å². The van der Waals surface area contributed by atoms with Gasteiger partial charge >= 0.3 is 11.9 Å². The zero-order valence-electron chi connectivity index (χ0n) is 15.2. The van der Waals surface area contributed by atoms with Gasteiger partial charge in [-0.2, -0.15) is 0 Å². The molecule has 0 saturated heterocycles. The summed E-state index contributed by atoms with van der Waals surface area (Å²) in [6, 6.07) is 20.1. The molecule has 0 radical (unpaired) electrons. The molecule has 3 aromatic carbocycles. The van der Waals surface area contributed by atoms with E-state index in [4.69, 9.17) is 19.3 Å². The molecule has 0 aliphatic carbocycles. The normalized spacial score (nSPS) is 10.2. The molecule has 0 amide bonds. The molecule has 6 nitrogen and oxygen atoms in total. The topological polar surface area (TPSA) is 82.1 Å². The summed E-state index contributed by atoms with van der Waals surface area (Å²) in [4.78, 5) is 23.3. The van der Waals surface area contributed by atoms with E-state index in [0.717, 1.165) is 5.75 Å². The molecule has 3 rings (SSSR count). The number of halogens is 1. The predicted molar refractivity (Wildman–Crippen MR) is 110 cm³/mol. The van der Waals surface area contributed by atoms with Crippen LogP contribution in [0.4, 0.5) is 0 Å². The summed E-state index contributed by atoms with van der Waals surface area (Å²) in [5.41, 5.74) is 0.432. The lowest BCUT2D eigenvalue weighted by Gasteiger charge is -2.09. The van der Waals surface area contributed by atoms with E-state index in [-0.39, 0.29) is 11.3 Å². The molecule has 29 heavy (non-hydrogen) atoms. The van der Waals surface area contributed by atoms with Gasteiger partial charge in [-0.1, -0.05) is 18.2 Å². The first-order valence-electron chi connectivity index (χ1n) is 8.68. The van der Waals surface area contributed by atoms with E-state index in [0.29, 0.717) is 29.0 Å². The number of rotatable bonds is 8. The van der Waals surface area contributed by atoms with Crippen LogP contribution >= 0.6 is 15.9 Å². The van der Waals surface area contributed by atoms with E-state index in [1.54, 1.807) is 24.3 Å². The van der Waals surface area contributed by atoms with Crippen molar-refractivity contribution in [2.75, 3.05) is 13.2 Å². The third-order valence-electron chi connectivity index (χ3n) is 3.84. The minimum atomic E-state index is -1.06. The molecule has 0 unspecified atom stereocenters. The van der Waals surface area contributed by atoms with E-state index in [1.165, 1.54) is 18.2 Å². The highest BCUT2D eigenvalue weighted by Gasteiger charge is 2.13. The Labute approximate surface area is 175 Å².